The van der Waals surface area contributed by atoms with Gasteiger partial charge in [-0.2, -0.15) is 0 Å². The summed E-state index contributed by atoms with van der Waals surface area (Å²) in [6.07, 6.45) is 3.69. The van der Waals surface area contributed by atoms with E-state index in [9.17, 15) is 0 Å². The number of aromatic nitrogens is 1. The Bertz CT molecular complexity index is 359. The van der Waals surface area contributed by atoms with E-state index in [-0.39, 0.29) is 0 Å². The molecule has 1 heterocycles. The minimum absolute atomic E-state index is 0.468. The maximum atomic E-state index is 5.93. The lowest BCUT2D eigenvalue weighted by atomic mass is 10.0. The van der Waals surface area contributed by atoms with Crippen LogP contribution in [0.2, 0.25) is 5.15 Å². The lowest BCUT2D eigenvalue weighted by Gasteiger charge is -2.10. The zero-order valence-corrected chi connectivity index (χ0v) is 11.4. The van der Waals surface area contributed by atoms with Gasteiger partial charge in [0.2, 0.25) is 0 Å². The molecule has 0 aliphatic heterocycles. The third kappa shape index (κ3) is 3.53. The molecule has 16 heavy (non-hydrogen) atoms. The van der Waals surface area contributed by atoms with Crippen molar-refractivity contribution < 1.29 is 0 Å². The molecule has 0 radical (unpaired) electrons. The fourth-order valence-corrected chi connectivity index (χ4v) is 1.47. The molecule has 0 fully saturated rings. The number of rotatable bonds is 3. The quantitative estimate of drug-likeness (QED) is 0.792. The average Bonchev–Trinajstić information content (AvgIpc) is 2.29. The van der Waals surface area contributed by atoms with Crippen LogP contribution in [0, 0.1) is 6.92 Å². The van der Waals surface area contributed by atoms with Crippen molar-refractivity contribution >= 4 is 22.9 Å². The zero-order valence-electron chi connectivity index (χ0n) is 10.6. The van der Waals surface area contributed by atoms with Crippen molar-refractivity contribution in [3.05, 3.63) is 29.1 Å². The monoisotopic (exact) mass is 240 g/mol. The predicted molar refractivity (Wildman–Crippen MR) is 73.7 cm³/mol. The van der Waals surface area contributed by atoms with Crippen LogP contribution in [0.3, 0.4) is 0 Å². The van der Waals surface area contributed by atoms with Crippen LogP contribution in [-0.4, -0.2) is 4.98 Å². The summed E-state index contributed by atoms with van der Waals surface area (Å²) in [4.78, 5) is 4.07. The average molecular weight is 241 g/mol. The Kier molecular flexibility index (Phi) is 6.82. The number of pyridine rings is 1. The number of allylic oxidation sites excluding steroid dienone is 1. The van der Waals surface area contributed by atoms with Crippen molar-refractivity contribution in [1.82, 2.24) is 4.98 Å². The Morgan fingerprint density at radius 1 is 1.50 bits per heavy atom. The second-order valence-corrected chi connectivity index (χ2v) is 3.71. The highest BCUT2D eigenvalue weighted by Crippen LogP contribution is 2.28. The molecule has 0 aromatic carbocycles. The Morgan fingerprint density at radius 3 is 2.56 bits per heavy atom. The summed E-state index contributed by atoms with van der Waals surface area (Å²) in [6.45, 7) is 12.0. The van der Waals surface area contributed by atoms with E-state index in [2.05, 4.69) is 18.5 Å². The van der Waals surface area contributed by atoms with Crippen molar-refractivity contribution in [2.24, 2.45) is 0 Å². The van der Waals surface area contributed by atoms with Crippen LogP contribution in [0.15, 0.2) is 12.8 Å². The Hall–Kier alpha value is -1.02. The standard InChI is InChI=1S/C11H15ClN2.C2H6/c1-4-5-7(2)9-6-14-11(12)8(3)10(9)13;1-2/h6H,2,4-5H2,1,3H3,(H2,13,14);1-2H3. The van der Waals surface area contributed by atoms with E-state index in [1.165, 1.54) is 0 Å². The molecular formula is C13H21ClN2. The third-order valence-electron chi connectivity index (χ3n) is 2.24. The third-order valence-corrected chi connectivity index (χ3v) is 2.62. The number of hydrogen-bond acceptors (Lipinski definition) is 2. The highest BCUT2D eigenvalue weighted by molar-refractivity contribution is 6.30. The van der Waals surface area contributed by atoms with E-state index >= 15 is 0 Å². The number of nitrogen functional groups attached to an aromatic ring is 1. The van der Waals surface area contributed by atoms with Crippen molar-refractivity contribution in [2.45, 2.75) is 40.5 Å². The van der Waals surface area contributed by atoms with Gasteiger partial charge in [-0.1, -0.05) is 45.4 Å². The van der Waals surface area contributed by atoms with Crippen LogP contribution in [0.5, 0.6) is 0 Å². The van der Waals surface area contributed by atoms with E-state index in [0.717, 1.165) is 29.5 Å². The highest BCUT2D eigenvalue weighted by atomic mass is 35.5. The van der Waals surface area contributed by atoms with Crippen molar-refractivity contribution in [2.75, 3.05) is 5.73 Å². The van der Waals surface area contributed by atoms with Gasteiger partial charge in [0, 0.05) is 23.0 Å². The second kappa shape index (κ2) is 7.29. The largest absolute Gasteiger partial charge is 0.398 e. The Balaban J connectivity index is 0.00000106. The first-order chi connectivity index (χ1) is 7.57. The van der Waals surface area contributed by atoms with E-state index in [4.69, 9.17) is 17.3 Å². The van der Waals surface area contributed by atoms with Gasteiger partial charge in [0.25, 0.3) is 0 Å². The zero-order chi connectivity index (χ0) is 12.7. The van der Waals surface area contributed by atoms with Crippen LogP contribution in [0.25, 0.3) is 5.57 Å². The Labute approximate surface area is 104 Å². The molecule has 0 saturated carbocycles. The van der Waals surface area contributed by atoms with Crippen LogP contribution < -0.4 is 5.73 Å². The highest BCUT2D eigenvalue weighted by Gasteiger charge is 2.08. The van der Waals surface area contributed by atoms with E-state index in [1.54, 1.807) is 6.20 Å². The molecule has 0 aliphatic rings. The number of halogens is 1. The summed E-state index contributed by atoms with van der Waals surface area (Å²) in [5.41, 5.74) is 9.41. The number of nitrogens with two attached hydrogens (primary N) is 1. The fourth-order valence-electron chi connectivity index (χ4n) is 1.32. The van der Waals surface area contributed by atoms with Gasteiger partial charge < -0.3 is 5.73 Å². The molecule has 0 amide bonds. The first kappa shape index (κ1) is 15.0. The van der Waals surface area contributed by atoms with Gasteiger partial charge in [-0.15, -0.1) is 0 Å². The normalized spacial score (nSPS) is 9.31. The van der Waals surface area contributed by atoms with Gasteiger partial charge in [-0.25, -0.2) is 4.98 Å². The lowest BCUT2D eigenvalue weighted by Crippen LogP contribution is -1.99. The molecule has 0 bridgehead atoms. The molecule has 0 aliphatic carbocycles. The maximum Gasteiger partial charge on any atom is 0.134 e. The van der Waals surface area contributed by atoms with E-state index in [1.807, 2.05) is 20.8 Å². The summed E-state index contributed by atoms with van der Waals surface area (Å²) in [5.74, 6) is 0. The molecule has 90 valence electrons. The van der Waals surface area contributed by atoms with Gasteiger partial charge in [-0.05, 0) is 18.9 Å². The van der Waals surface area contributed by atoms with Crippen molar-refractivity contribution in [3.63, 3.8) is 0 Å². The smallest absolute Gasteiger partial charge is 0.134 e. The van der Waals surface area contributed by atoms with Crippen LogP contribution in [-0.2, 0) is 0 Å². The summed E-state index contributed by atoms with van der Waals surface area (Å²) < 4.78 is 0. The molecule has 0 spiro atoms. The predicted octanol–water partition coefficient (Wildman–Crippen LogP) is 4.47. The summed E-state index contributed by atoms with van der Waals surface area (Å²) in [7, 11) is 0. The number of anilines is 1. The molecule has 0 atom stereocenters. The van der Waals surface area contributed by atoms with Crippen molar-refractivity contribution in [3.8, 4) is 0 Å². The lowest BCUT2D eigenvalue weighted by molar-refractivity contribution is 0.974. The molecular weight excluding hydrogens is 220 g/mol. The number of nitrogens with zero attached hydrogens (tertiary/aromatic N) is 1. The summed E-state index contributed by atoms with van der Waals surface area (Å²) in [6, 6.07) is 0. The van der Waals surface area contributed by atoms with Gasteiger partial charge in [0.1, 0.15) is 5.15 Å². The molecule has 0 saturated heterocycles. The minimum Gasteiger partial charge on any atom is -0.398 e. The van der Waals surface area contributed by atoms with Crippen LogP contribution in [0.4, 0.5) is 5.69 Å². The van der Waals surface area contributed by atoms with E-state index in [0.29, 0.717) is 10.8 Å². The molecule has 2 nitrogen and oxygen atoms in total. The van der Waals surface area contributed by atoms with Gasteiger partial charge in [0.05, 0.1) is 0 Å². The number of hydrogen-bond donors (Lipinski definition) is 1. The maximum absolute atomic E-state index is 5.93. The van der Waals surface area contributed by atoms with Gasteiger partial charge >= 0.3 is 0 Å². The molecule has 1 aromatic rings. The summed E-state index contributed by atoms with van der Waals surface area (Å²) >= 11 is 5.85. The molecule has 2 N–H and O–H groups in total. The SMILES string of the molecule is C=C(CCC)c1cnc(Cl)c(C)c1N.CC. The van der Waals surface area contributed by atoms with Crippen molar-refractivity contribution in [1.29, 1.82) is 0 Å². The minimum atomic E-state index is 0.468. The first-order valence-electron chi connectivity index (χ1n) is 5.66. The fraction of sp³-hybridized carbons (Fsp3) is 0.462. The van der Waals surface area contributed by atoms with Gasteiger partial charge in [-0.3, -0.25) is 0 Å². The topological polar surface area (TPSA) is 38.9 Å². The first-order valence-corrected chi connectivity index (χ1v) is 6.04. The van der Waals surface area contributed by atoms with Gasteiger partial charge in [0.15, 0.2) is 0 Å². The second-order valence-electron chi connectivity index (χ2n) is 3.35. The van der Waals surface area contributed by atoms with Crippen LogP contribution >= 0.6 is 11.6 Å². The Morgan fingerprint density at radius 2 is 2.06 bits per heavy atom. The van der Waals surface area contributed by atoms with E-state index < -0.39 is 0 Å². The summed E-state index contributed by atoms with van der Waals surface area (Å²) in [5, 5.41) is 0.468. The molecule has 0 unspecified atom stereocenters. The molecule has 3 heteroatoms. The molecule has 1 aromatic heterocycles. The van der Waals surface area contributed by atoms with Crippen LogP contribution in [0.1, 0.15) is 44.7 Å². The molecule has 1 rings (SSSR count).